The minimum atomic E-state index is 0.439. The molecule has 2 heterocycles. The SMILES string of the molecule is CC(C)NCc1nc(N2CCC(C(C)C)C2)ccc1Cl. The summed E-state index contributed by atoms with van der Waals surface area (Å²) < 4.78 is 0. The molecule has 0 aliphatic carbocycles. The predicted octanol–water partition coefficient (Wildman–Crippen LogP) is 3.72. The third-order valence-electron chi connectivity index (χ3n) is 4.07. The summed E-state index contributed by atoms with van der Waals surface area (Å²) in [7, 11) is 0. The molecule has 1 aliphatic rings. The predicted molar refractivity (Wildman–Crippen MR) is 86.4 cm³/mol. The number of anilines is 1. The molecule has 20 heavy (non-hydrogen) atoms. The molecule has 0 amide bonds. The molecule has 0 spiro atoms. The first-order valence-corrected chi connectivity index (χ1v) is 7.99. The summed E-state index contributed by atoms with van der Waals surface area (Å²) in [4.78, 5) is 7.14. The molecule has 0 saturated carbocycles. The van der Waals surface area contributed by atoms with Crippen LogP contribution in [0.1, 0.15) is 39.8 Å². The summed E-state index contributed by atoms with van der Waals surface area (Å²) in [6.45, 7) is 11.8. The minimum Gasteiger partial charge on any atom is -0.356 e. The highest BCUT2D eigenvalue weighted by molar-refractivity contribution is 6.31. The van der Waals surface area contributed by atoms with E-state index in [0.29, 0.717) is 6.04 Å². The second-order valence-corrected chi connectivity index (χ2v) is 6.78. The molecule has 1 aliphatic heterocycles. The summed E-state index contributed by atoms with van der Waals surface area (Å²) in [6, 6.07) is 4.46. The molecule has 0 radical (unpaired) electrons. The maximum atomic E-state index is 6.24. The minimum absolute atomic E-state index is 0.439. The molecule has 1 saturated heterocycles. The van der Waals surface area contributed by atoms with Crippen molar-refractivity contribution in [1.82, 2.24) is 10.3 Å². The third-order valence-corrected chi connectivity index (χ3v) is 4.42. The average molecular weight is 296 g/mol. The molecule has 1 N–H and O–H groups in total. The molecule has 0 bridgehead atoms. The van der Waals surface area contributed by atoms with E-state index in [0.717, 1.165) is 48.0 Å². The van der Waals surface area contributed by atoms with Crippen LogP contribution in [0.5, 0.6) is 0 Å². The fraction of sp³-hybridized carbons (Fsp3) is 0.688. The largest absolute Gasteiger partial charge is 0.356 e. The monoisotopic (exact) mass is 295 g/mol. The Labute approximate surface area is 127 Å². The Hall–Kier alpha value is -0.800. The second kappa shape index (κ2) is 6.77. The first kappa shape index (κ1) is 15.6. The van der Waals surface area contributed by atoms with Gasteiger partial charge in [-0.15, -0.1) is 0 Å². The Morgan fingerprint density at radius 3 is 2.70 bits per heavy atom. The molecule has 0 aromatic carbocycles. The van der Waals surface area contributed by atoms with Crippen LogP contribution >= 0.6 is 11.6 Å². The molecule has 1 atom stereocenters. The number of halogens is 1. The average Bonchev–Trinajstić information content (AvgIpc) is 2.87. The Morgan fingerprint density at radius 2 is 2.10 bits per heavy atom. The molecule has 112 valence electrons. The lowest BCUT2D eigenvalue weighted by molar-refractivity contribution is 0.422. The van der Waals surface area contributed by atoms with Gasteiger partial charge < -0.3 is 10.2 Å². The van der Waals surface area contributed by atoms with E-state index in [1.165, 1.54) is 6.42 Å². The first-order chi connectivity index (χ1) is 9.47. The summed E-state index contributed by atoms with van der Waals surface area (Å²) in [6.07, 6.45) is 1.27. The molecular formula is C16H26ClN3. The summed E-state index contributed by atoms with van der Waals surface area (Å²) in [5.74, 6) is 2.59. The summed E-state index contributed by atoms with van der Waals surface area (Å²) >= 11 is 6.24. The molecular weight excluding hydrogens is 270 g/mol. The van der Waals surface area contributed by atoms with E-state index in [-0.39, 0.29) is 0 Å². The van der Waals surface area contributed by atoms with Gasteiger partial charge in [-0.25, -0.2) is 4.98 Å². The van der Waals surface area contributed by atoms with Crippen molar-refractivity contribution in [2.45, 2.75) is 46.7 Å². The Balaban J connectivity index is 2.07. The van der Waals surface area contributed by atoms with Gasteiger partial charge in [-0.2, -0.15) is 0 Å². The van der Waals surface area contributed by atoms with Crippen molar-refractivity contribution >= 4 is 17.4 Å². The van der Waals surface area contributed by atoms with Crippen LogP contribution in [0.4, 0.5) is 5.82 Å². The molecule has 1 unspecified atom stereocenters. The highest BCUT2D eigenvalue weighted by atomic mass is 35.5. The zero-order valence-corrected chi connectivity index (χ0v) is 13.7. The Bertz CT molecular complexity index is 445. The van der Waals surface area contributed by atoms with E-state index in [4.69, 9.17) is 16.6 Å². The third kappa shape index (κ3) is 3.86. The van der Waals surface area contributed by atoms with Gasteiger partial charge in [0.15, 0.2) is 0 Å². The van der Waals surface area contributed by atoms with Crippen molar-refractivity contribution in [1.29, 1.82) is 0 Å². The van der Waals surface area contributed by atoms with E-state index in [1.807, 2.05) is 12.1 Å². The lowest BCUT2D eigenvalue weighted by Gasteiger charge is -2.20. The number of nitrogens with one attached hydrogen (secondary N) is 1. The van der Waals surface area contributed by atoms with Crippen LogP contribution in [0.25, 0.3) is 0 Å². The van der Waals surface area contributed by atoms with E-state index in [9.17, 15) is 0 Å². The van der Waals surface area contributed by atoms with Crippen LogP contribution in [-0.4, -0.2) is 24.1 Å². The Morgan fingerprint density at radius 1 is 1.35 bits per heavy atom. The number of hydrogen-bond acceptors (Lipinski definition) is 3. The van der Waals surface area contributed by atoms with E-state index in [2.05, 4.69) is 37.9 Å². The first-order valence-electron chi connectivity index (χ1n) is 7.61. The zero-order valence-electron chi connectivity index (χ0n) is 13.0. The number of nitrogens with zero attached hydrogens (tertiary/aromatic N) is 2. The highest BCUT2D eigenvalue weighted by Gasteiger charge is 2.25. The van der Waals surface area contributed by atoms with E-state index < -0.39 is 0 Å². The van der Waals surface area contributed by atoms with Crippen LogP contribution in [0.3, 0.4) is 0 Å². The van der Waals surface area contributed by atoms with Gasteiger partial charge in [0.25, 0.3) is 0 Å². The summed E-state index contributed by atoms with van der Waals surface area (Å²) in [5.41, 5.74) is 0.950. The number of hydrogen-bond donors (Lipinski definition) is 1. The normalized spacial score (nSPS) is 19.4. The van der Waals surface area contributed by atoms with Crippen LogP contribution in [0.2, 0.25) is 5.02 Å². The lowest BCUT2D eigenvalue weighted by Crippen LogP contribution is -2.25. The molecule has 1 fully saturated rings. The van der Waals surface area contributed by atoms with Crippen molar-refractivity contribution in [3.05, 3.63) is 22.8 Å². The molecule has 1 aromatic heterocycles. The van der Waals surface area contributed by atoms with Crippen molar-refractivity contribution < 1.29 is 0 Å². The highest BCUT2D eigenvalue weighted by Crippen LogP contribution is 2.28. The van der Waals surface area contributed by atoms with Crippen LogP contribution in [-0.2, 0) is 6.54 Å². The summed E-state index contributed by atoms with van der Waals surface area (Å²) in [5, 5.41) is 4.13. The Kier molecular flexibility index (Phi) is 5.28. The second-order valence-electron chi connectivity index (χ2n) is 6.37. The number of pyridine rings is 1. The molecule has 1 aromatic rings. The van der Waals surface area contributed by atoms with Gasteiger partial charge in [0.05, 0.1) is 10.7 Å². The quantitative estimate of drug-likeness (QED) is 0.897. The van der Waals surface area contributed by atoms with Crippen molar-refractivity contribution in [2.24, 2.45) is 11.8 Å². The maximum absolute atomic E-state index is 6.24. The van der Waals surface area contributed by atoms with Gasteiger partial charge in [-0.1, -0.05) is 39.3 Å². The van der Waals surface area contributed by atoms with Gasteiger partial charge >= 0.3 is 0 Å². The number of rotatable bonds is 5. The zero-order chi connectivity index (χ0) is 14.7. The van der Waals surface area contributed by atoms with Gasteiger partial charge in [0, 0.05) is 25.7 Å². The van der Waals surface area contributed by atoms with Crippen molar-refractivity contribution in [2.75, 3.05) is 18.0 Å². The smallest absolute Gasteiger partial charge is 0.128 e. The van der Waals surface area contributed by atoms with Gasteiger partial charge in [-0.05, 0) is 30.4 Å². The van der Waals surface area contributed by atoms with Gasteiger partial charge in [0.1, 0.15) is 5.82 Å². The number of aromatic nitrogens is 1. The molecule has 3 nitrogen and oxygen atoms in total. The molecule has 2 rings (SSSR count). The molecule has 4 heteroatoms. The fourth-order valence-corrected chi connectivity index (χ4v) is 2.79. The van der Waals surface area contributed by atoms with Crippen LogP contribution in [0.15, 0.2) is 12.1 Å². The van der Waals surface area contributed by atoms with E-state index in [1.54, 1.807) is 0 Å². The van der Waals surface area contributed by atoms with Crippen LogP contribution < -0.4 is 10.2 Å². The van der Waals surface area contributed by atoms with Gasteiger partial charge in [0.2, 0.25) is 0 Å². The van der Waals surface area contributed by atoms with Gasteiger partial charge in [-0.3, -0.25) is 0 Å². The van der Waals surface area contributed by atoms with Crippen LogP contribution in [0, 0.1) is 11.8 Å². The topological polar surface area (TPSA) is 28.2 Å². The van der Waals surface area contributed by atoms with Crippen molar-refractivity contribution in [3.8, 4) is 0 Å². The van der Waals surface area contributed by atoms with E-state index >= 15 is 0 Å². The lowest BCUT2D eigenvalue weighted by atomic mass is 9.95. The fourth-order valence-electron chi connectivity index (χ4n) is 2.61. The van der Waals surface area contributed by atoms with Crippen molar-refractivity contribution in [3.63, 3.8) is 0 Å². The maximum Gasteiger partial charge on any atom is 0.128 e. The standard InChI is InChI=1S/C16H26ClN3/c1-11(2)13-7-8-20(10-13)16-6-5-14(17)15(19-16)9-18-12(3)4/h5-6,11-13,18H,7-10H2,1-4H3.